The Morgan fingerprint density at radius 2 is 2.18 bits per heavy atom. The summed E-state index contributed by atoms with van der Waals surface area (Å²) in [6.45, 7) is 2.22. The van der Waals surface area contributed by atoms with Crippen LogP contribution in [0, 0.1) is 5.92 Å². The SMILES string of the molecule is CC(CCCCl)C(I)C=CCl. The molecule has 0 aliphatic heterocycles. The standard InChI is InChI=1S/C8H13Cl2I/c1-7(3-2-5-9)8(11)4-6-10/h4,6-8H,2-3,5H2,1H3. The Morgan fingerprint density at radius 1 is 1.55 bits per heavy atom. The number of allylic oxidation sites excluding steroid dienone is 1. The van der Waals surface area contributed by atoms with Crippen LogP contribution < -0.4 is 0 Å². The van der Waals surface area contributed by atoms with Crippen molar-refractivity contribution in [3.63, 3.8) is 0 Å². The molecular formula is C8H13Cl2I. The summed E-state index contributed by atoms with van der Waals surface area (Å²) < 4.78 is 0.535. The van der Waals surface area contributed by atoms with E-state index in [1.807, 2.05) is 6.08 Å². The lowest BCUT2D eigenvalue weighted by molar-refractivity contribution is 0.554. The van der Waals surface area contributed by atoms with Crippen molar-refractivity contribution < 1.29 is 0 Å². The van der Waals surface area contributed by atoms with E-state index in [0.29, 0.717) is 9.84 Å². The second-order valence-corrected chi connectivity index (χ2v) is 4.64. The number of alkyl halides is 2. The topological polar surface area (TPSA) is 0 Å². The van der Waals surface area contributed by atoms with E-state index in [0.717, 1.165) is 12.3 Å². The van der Waals surface area contributed by atoms with Crippen molar-refractivity contribution in [2.24, 2.45) is 5.92 Å². The van der Waals surface area contributed by atoms with Gasteiger partial charge >= 0.3 is 0 Å². The summed E-state index contributed by atoms with van der Waals surface area (Å²) in [5.74, 6) is 1.43. The van der Waals surface area contributed by atoms with Gasteiger partial charge in [0.05, 0.1) is 0 Å². The van der Waals surface area contributed by atoms with Crippen molar-refractivity contribution in [1.29, 1.82) is 0 Å². The Morgan fingerprint density at radius 3 is 2.64 bits per heavy atom. The molecule has 2 unspecified atom stereocenters. The molecule has 0 saturated heterocycles. The number of halogens is 3. The molecule has 66 valence electrons. The predicted molar refractivity (Wildman–Crippen MR) is 61.9 cm³/mol. The van der Waals surface area contributed by atoms with E-state index in [1.54, 1.807) is 5.54 Å². The third kappa shape index (κ3) is 6.23. The van der Waals surface area contributed by atoms with Crippen LogP contribution in [0.15, 0.2) is 11.6 Å². The van der Waals surface area contributed by atoms with Gasteiger partial charge in [0.1, 0.15) is 0 Å². The molecule has 0 fully saturated rings. The van der Waals surface area contributed by atoms with Crippen molar-refractivity contribution >= 4 is 45.8 Å². The van der Waals surface area contributed by atoms with Crippen molar-refractivity contribution in [3.05, 3.63) is 11.6 Å². The van der Waals surface area contributed by atoms with Gasteiger partial charge in [0.25, 0.3) is 0 Å². The minimum Gasteiger partial charge on any atom is -0.127 e. The zero-order valence-electron chi connectivity index (χ0n) is 6.56. The zero-order valence-corrected chi connectivity index (χ0v) is 10.2. The summed E-state index contributed by atoms with van der Waals surface area (Å²) in [5, 5.41) is 0. The molecule has 0 saturated carbocycles. The average molecular weight is 307 g/mol. The first kappa shape index (κ1) is 12.0. The Balaban J connectivity index is 3.54. The van der Waals surface area contributed by atoms with Gasteiger partial charge in [-0.25, -0.2) is 0 Å². The quantitative estimate of drug-likeness (QED) is 0.527. The van der Waals surface area contributed by atoms with Gasteiger partial charge in [-0.15, -0.1) is 11.6 Å². The lowest BCUT2D eigenvalue weighted by Crippen LogP contribution is -2.07. The first-order valence-corrected chi connectivity index (χ1v) is 5.91. The van der Waals surface area contributed by atoms with Gasteiger partial charge in [0, 0.05) is 15.3 Å². The Kier molecular flexibility index (Phi) is 8.42. The largest absolute Gasteiger partial charge is 0.127 e. The molecule has 0 rings (SSSR count). The fraction of sp³-hybridized carbons (Fsp3) is 0.750. The van der Waals surface area contributed by atoms with Crippen molar-refractivity contribution in [3.8, 4) is 0 Å². The van der Waals surface area contributed by atoms with Crippen LogP contribution in [-0.2, 0) is 0 Å². The van der Waals surface area contributed by atoms with Crippen LogP contribution in [0.1, 0.15) is 19.8 Å². The van der Waals surface area contributed by atoms with Crippen molar-refractivity contribution in [2.45, 2.75) is 23.7 Å². The van der Waals surface area contributed by atoms with E-state index >= 15 is 0 Å². The molecule has 0 bridgehead atoms. The molecule has 3 heteroatoms. The maximum atomic E-state index is 5.58. The Labute approximate surface area is 92.5 Å². The second-order valence-electron chi connectivity index (χ2n) is 2.57. The van der Waals surface area contributed by atoms with Gasteiger partial charge in [-0.3, -0.25) is 0 Å². The van der Waals surface area contributed by atoms with E-state index in [1.165, 1.54) is 6.42 Å². The van der Waals surface area contributed by atoms with Crippen LogP contribution >= 0.6 is 45.8 Å². The molecule has 0 spiro atoms. The van der Waals surface area contributed by atoms with Gasteiger partial charge in [0.2, 0.25) is 0 Å². The van der Waals surface area contributed by atoms with Gasteiger partial charge < -0.3 is 0 Å². The molecule has 0 heterocycles. The van der Waals surface area contributed by atoms with Gasteiger partial charge in [0.15, 0.2) is 0 Å². The van der Waals surface area contributed by atoms with Crippen molar-refractivity contribution in [2.75, 3.05) is 5.88 Å². The summed E-state index contributed by atoms with van der Waals surface area (Å²) in [5.41, 5.74) is 1.59. The molecule has 11 heavy (non-hydrogen) atoms. The van der Waals surface area contributed by atoms with E-state index < -0.39 is 0 Å². The maximum absolute atomic E-state index is 5.58. The number of rotatable bonds is 5. The van der Waals surface area contributed by atoms with Crippen LogP contribution in [0.2, 0.25) is 0 Å². The lowest BCUT2D eigenvalue weighted by Gasteiger charge is -2.13. The first-order valence-electron chi connectivity index (χ1n) is 3.69. The fourth-order valence-electron chi connectivity index (χ4n) is 0.818. The van der Waals surface area contributed by atoms with Gasteiger partial charge in [-0.1, -0.05) is 47.2 Å². The maximum Gasteiger partial charge on any atom is 0.0326 e. The number of hydrogen-bond acceptors (Lipinski definition) is 0. The highest BCUT2D eigenvalue weighted by Gasteiger charge is 2.09. The second kappa shape index (κ2) is 7.69. The monoisotopic (exact) mass is 306 g/mol. The van der Waals surface area contributed by atoms with Crippen LogP contribution in [0.25, 0.3) is 0 Å². The molecule has 0 aromatic heterocycles. The normalized spacial score (nSPS) is 17.1. The first-order chi connectivity index (χ1) is 5.22. The minimum absolute atomic E-state index is 0.535. The summed E-state index contributed by atoms with van der Waals surface area (Å²) in [6.07, 6.45) is 4.29. The average Bonchev–Trinajstić information content (AvgIpc) is 2.00. The van der Waals surface area contributed by atoms with Crippen molar-refractivity contribution in [1.82, 2.24) is 0 Å². The van der Waals surface area contributed by atoms with Crippen LogP contribution in [0.3, 0.4) is 0 Å². The van der Waals surface area contributed by atoms with Crippen LogP contribution in [0.5, 0.6) is 0 Å². The highest BCUT2D eigenvalue weighted by atomic mass is 127. The predicted octanol–water partition coefficient (Wildman–Crippen LogP) is 4.20. The molecule has 0 nitrogen and oxygen atoms in total. The van der Waals surface area contributed by atoms with Crippen LogP contribution in [0.4, 0.5) is 0 Å². The molecule has 0 N–H and O–H groups in total. The number of hydrogen-bond donors (Lipinski definition) is 0. The van der Waals surface area contributed by atoms with Gasteiger partial charge in [-0.2, -0.15) is 0 Å². The molecule has 0 aromatic carbocycles. The smallest absolute Gasteiger partial charge is 0.0326 e. The molecule has 0 amide bonds. The lowest BCUT2D eigenvalue weighted by atomic mass is 10.0. The van der Waals surface area contributed by atoms with E-state index in [2.05, 4.69) is 29.5 Å². The highest BCUT2D eigenvalue weighted by Crippen LogP contribution is 2.20. The zero-order chi connectivity index (χ0) is 8.69. The van der Waals surface area contributed by atoms with Crippen LogP contribution in [-0.4, -0.2) is 9.80 Å². The molecular weight excluding hydrogens is 294 g/mol. The van der Waals surface area contributed by atoms with Gasteiger partial charge in [-0.05, 0) is 18.8 Å². The summed E-state index contributed by atoms with van der Waals surface area (Å²) >= 11 is 13.4. The molecule has 0 aromatic rings. The fourth-order valence-corrected chi connectivity index (χ4v) is 1.94. The Bertz CT molecular complexity index is 115. The molecule has 0 radical (unpaired) electrons. The summed E-state index contributed by atoms with van der Waals surface area (Å²) in [7, 11) is 0. The molecule has 2 atom stereocenters. The van der Waals surface area contributed by atoms with E-state index in [4.69, 9.17) is 23.2 Å². The van der Waals surface area contributed by atoms with E-state index in [9.17, 15) is 0 Å². The molecule has 0 aliphatic carbocycles. The highest BCUT2D eigenvalue weighted by molar-refractivity contribution is 14.1. The third-order valence-corrected chi connectivity index (χ3v) is 3.65. The Hall–Kier alpha value is 1.05. The minimum atomic E-state index is 0.535. The summed E-state index contributed by atoms with van der Waals surface area (Å²) in [4.78, 5) is 0. The van der Waals surface area contributed by atoms with E-state index in [-0.39, 0.29) is 0 Å². The molecule has 0 aliphatic rings. The third-order valence-electron chi connectivity index (χ3n) is 1.59. The summed E-state index contributed by atoms with van der Waals surface area (Å²) in [6, 6.07) is 0.